The van der Waals surface area contributed by atoms with Gasteiger partial charge in [0.15, 0.2) is 5.82 Å². The van der Waals surface area contributed by atoms with Crippen LogP contribution in [0.1, 0.15) is 24.1 Å². The SMILES string of the molecule is O=C1C[C@H](c2nc(Cn3cnc4ccccc4c3=O)no2)CN1c1cccc(Cl)c1. The van der Waals surface area contributed by atoms with E-state index in [1.54, 1.807) is 41.3 Å². The van der Waals surface area contributed by atoms with Crippen molar-refractivity contribution in [2.75, 3.05) is 11.4 Å². The van der Waals surface area contributed by atoms with E-state index in [4.69, 9.17) is 16.1 Å². The molecule has 3 heterocycles. The third kappa shape index (κ3) is 3.35. The molecule has 5 rings (SSSR count). The lowest BCUT2D eigenvalue weighted by atomic mass is 10.1. The van der Waals surface area contributed by atoms with Crippen LogP contribution in [0, 0.1) is 0 Å². The number of halogens is 1. The first-order valence-corrected chi connectivity index (χ1v) is 9.79. The van der Waals surface area contributed by atoms with Gasteiger partial charge in [-0.05, 0) is 30.3 Å². The number of anilines is 1. The van der Waals surface area contributed by atoms with Gasteiger partial charge in [-0.2, -0.15) is 4.98 Å². The Hall–Kier alpha value is -3.52. The standard InChI is InChI=1S/C21H16ClN5O3/c22-14-4-3-5-15(9-14)27-10-13(8-19(27)28)20-24-18(25-30-20)11-26-12-23-17-7-2-1-6-16(17)21(26)29/h1-7,9,12-13H,8,10-11H2/t13-/m0/s1. The Balaban J connectivity index is 1.36. The summed E-state index contributed by atoms with van der Waals surface area (Å²) < 4.78 is 6.84. The highest BCUT2D eigenvalue weighted by Gasteiger charge is 2.35. The van der Waals surface area contributed by atoms with Crippen molar-refractivity contribution in [3.05, 3.63) is 81.9 Å². The van der Waals surface area contributed by atoms with Gasteiger partial charge in [-0.15, -0.1) is 0 Å². The number of para-hydroxylation sites is 1. The smallest absolute Gasteiger partial charge is 0.261 e. The summed E-state index contributed by atoms with van der Waals surface area (Å²) in [6, 6.07) is 14.3. The number of nitrogens with zero attached hydrogens (tertiary/aromatic N) is 5. The van der Waals surface area contributed by atoms with Crippen LogP contribution in [0.4, 0.5) is 5.69 Å². The molecular formula is C21H16ClN5O3. The number of benzene rings is 2. The van der Waals surface area contributed by atoms with Crippen molar-refractivity contribution in [1.29, 1.82) is 0 Å². The van der Waals surface area contributed by atoms with Crippen LogP contribution < -0.4 is 10.5 Å². The molecule has 1 atom stereocenters. The van der Waals surface area contributed by atoms with Gasteiger partial charge in [0.25, 0.3) is 5.56 Å². The molecule has 1 fully saturated rings. The molecule has 2 aromatic carbocycles. The monoisotopic (exact) mass is 421 g/mol. The van der Waals surface area contributed by atoms with E-state index in [0.717, 1.165) is 5.69 Å². The number of rotatable bonds is 4. The lowest BCUT2D eigenvalue weighted by Crippen LogP contribution is -2.24. The Kier molecular flexibility index (Phi) is 4.55. The van der Waals surface area contributed by atoms with Crippen molar-refractivity contribution in [2.24, 2.45) is 0 Å². The van der Waals surface area contributed by atoms with Crippen LogP contribution in [-0.4, -0.2) is 32.1 Å². The second kappa shape index (κ2) is 7.38. The van der Waals surface area contributed by atoms with Crippen molar-refractivity contribution in [3.8, 4) is 0 Å². The average Bonchev–Trinajstić information content (AvgIpc) is 3.37. The Bertz CT molecular complexity index is 1320. The van der Waals surface area contributed by atoms with E-state index in [-0.39, 0.29) is 30.3 Å². The van der Waals surface area contributed by atoms with Crippen LogP contribution in [0.25, 0.3) is 10.9 Å². The fourth-order valence-corrected chi connectivity index (χ4v) is 3.82. The fraction of sp³-hybridized carbons (Fsp3) is 0.190. The van der Waals surface area contributed by atoms with Crippen molar-refractivity contribution in [1.82, 2.24) is 19.7 Å². The Morgan fingerprint density at radius 3 is 2.87 bits per heavy atom. The van der Waals surface area contributed by atoms with Gasteiger partial charge in [0.1, 0.15) is 0 Å². The van der Waals surface area contributed by atoms with Crippen molar-refractivity contribution in [2.45, 2.75) is 18.9 Å². The summed E-state index contributed by atoms with van der Waals surface area (Å²) in [7, 11) is 0. The first-order valence-electron chi connectivity index (χ1n) is 9.41. The zero-order valence-corrected chi connectivity index (χ0v) is 16.5. The third-order valence-electron chi connectivity index (χ3n) is 5.12. The van der Waals surface area contributed by atoms with Gasteiger partial charge in [0.05, 0.1) is 29.7 Å². The van der Waals surface area contributed by atoms with Gasteiger partial charge in [-0.1, -0.05) is 35.0 Å². The molecule has 9 heteroatoms. The molecule has 150 valence electrons. The molecule has 2 aromatic heterocycles. The molecule has 0 unspecified atom stereocenters. The van der Waals surface area contributed by atoms with Gasteiger partial charge in [0.2, 0.25) is 11.8 Å². The lowest BCUT2D eigenvalue weighted by molar-refractivity contribution is -0.117. The van der Waals surface area contributed by atoms with E-state index in [1.165, 1.54) is 10.9 Å². The summed E-state index contributed by atoms with van der Waals surface area (Å²) in [6.45, 7) is 0.567. The summed E-state index contributed by atoms with van der Waals surface area (Å²) in [5, 5.41) is 5.09. The van der Waals surface area contributed by atoms with Gasteiger partial charge < -0.3 is 9.42 Å². The molecule has 0 radical (unpaired) electrons. The number of hydrogen-bond donors (Lipinski definition) is 0. The van der Waals surface area contributed by atoms with E-state index >= 15 is 0 Å². The van der Waals surface area contributed by atoms with Gasteiger partial charge in [-0.25, -0.2) is 4.98 Å². The summed E-state index contributed by atoms with van der Waals surface area (Å²) in [5.74, 6) is 0.489. The summed E-state index contributed by atoms with van der Waals surface area (Å²) >= 11 is 6.04. The molecule has 0 N–H and O–H groups in total. The first-order chi connectivity index (χ1) is 14.6. The topological polar surface area (TPSA) is 94.1 Å². The zero-order chi connectivity index (χ0) is 20.7. The Morgan fingerprint density at radius 1 is 1.13 bits per heavy atom. The molecule has 8 nitrogen and oxygen atoms in total. The van der Waals surface area contributed by atoms with E-state index < -0.39 is 0 Å². The number of fused-ring (bicyclic) bond motifs is 1. The molecule has 0 aliphatic carbocycles. The molecular weight excluding hydrogens is 406 g/mol. The van der Waals surface area contributed by atoms with Gasteiger partial charge >= 0.3 is 0 Å². The molecule has 1 amide bonds. The second-order valence-corrected chi connectivity index (χ2v) is 7.57. The number of carbonyl (C=O) groups excluding carboxylic acids is 1. The van der Waals surface area contributed by atoms with Crippen LogP contribution in [0.5, 0.6) is 0 Å². The number of amides is 1. The molecule has 1 saturated heterocycles. The fourth-order valence-electron chi connectivity index (χ4n) is 3.64. The van der Waals surface area contributed by atoms with Crippen LogP contribution in [-0.2, 0) is 11.3 Å². The van der Waals surface area contributed by atoms with Crippen LogP contribution >= 0.6 is 11.6 Å². The Labute approximate surface area is 175 Å². The first kappa shape index (κ1) is 18.5. The predicted molar refractivity (Wildman–Crippen MR) is 111 cm³/mol. The maximum Gasteiger partial charge on any atom is 0.261 e. The minimum atomic E-state index is -0.218. The van der Waals surface area contributed by atoms with Crippen molar-refractivity contribution < 1.29 is 9.32 Å². The van der Waals surface area contributed by atoms with E-state index in [1.807, 2.05) is 12.1 Å². The zero-order valence-electron chi connectivity index (χ0n) is 15.7. The summed E-state index contributed by atoms with van der Waals surface area (Å²) in [6.07, 6.45) is 1.74. The van der Waals surface area contributed by atoms with Gasteiger partial charge in [-0.3, -0.25) is 14.2 Å². The van der Waals surface area contributed by atoms with E-state index in [0.29, 0.717) is 34.2 Å². The van der Waals surface area contributed by atoms with E-state index in [2.05, 4.69) is 15.1 Å². The quantitative estimate of drug-likeness (QED) is 0.502. The highest BCUT2D eigenvalue weighted by atomic mass is 35.5. The normalized spacial score (nSPS) is 16.5. The van der Waals surface area contributed by atoms with Crippen molar-refractivity contribution >= 4 is 34.1 Å². The largest absolute Gasteiger partial charge is 0.339 e. The van der Waals surface area contributed by atoms with Crippen LogP contribution in [0.3, 0.4) is 0 Å². The van der Waals surface area contributed by atoms with Gasteiger partial charge in [0, 0.05) is 23.7 Å². The molecule has 0 bridgehead atoms. The second-order valence-electron chi connectivity index (χ2n) is 7.13. The van der Waals surface area contributed by atoms with Crippen LogP contribution in [0.2, 0.25) is 5.02 Å². The molecule has 30 heavy (non-hydrogen) atoms. The highest BCUT2D eigenvalue weighted by Crippen LogP contribution is 2.32. The maximum absolute atomic E-state index is 12.6. The van der Waals surface area contributed by atoms with Crippen molar-refractivity contribution in [3.63, 3.8) is 0 Å². The maximum atomic E-state index is 12.6. The number of carbonyl (C=O) groups is 1. The average molecular weight is 422 g/mol. The number of hydrogen-bond acceptors (Lipinski definition) is 6. The lowest BCUT2D eigenvalue weighted by Gasteiger charge is -2.16. The van der Waals surface area contributed by atoms with Crippen LogP contribution in [0.15, 0.2) is 64.2 Å². The molecule has 1 aliphatic rings. The third-order valence-corrected chi connectivity index (χ3v) is 5.36. The highest BCUT2D eigenvalue weighted by molar-refractivity contribution is 6.30. The Morgan fingerprint density at radius 2 is 2.00 bits per heavy atom. The molecule has 0 spiro atoms. The summed E-state index contributed by atoms with van der Waals surface area (Å²) in [4.78, 5) is 35.5. The van der Waals surface area contributed by atoms with E-state index in [9.17, 15) is 9.59 Å². The molecule has 0 saturated carbocycles. The molecule has 4 aromatic rings. The molecule has 1 aliphatic heterocycles. The predicted octanol–water partition coefficient (Wildman–Crippen LogP) is 3.00. The minimum Gasteiger partial charge on any atom is -0.339 e. The number of aromatic nitrogens is 4. The summed E-state index contributed by atoms with van der Waals surface area (Å²) in [5.41, 5.74) is 1.21. The minimum absolute atomic E-state index is 0.0306.